The molecule has 0 amide bonds. The molecule has 2 N–H and O–H groups in total. The Hall–Kier alpha value is -2.35. The number of hydrogen-bond donors (Lipinski definition) is 2. The summed E-state index contributed by atoms with van der Waals surface area (Å²) in [6.45, 7) is 0. The van der Waals surface area contributed by atoms with Crippen molar-refractivity contribution in [3.05, 3.63) is 36.4 Å². The maximum atomic E-state index is 8.61. The van der Waals surface area contributed by atoms with Crippen molar-refractivity contribution in [1.82, 2.24) is 15.0 Å². The number of hydrogen-bond acceptors (Lipinski definition) is 4. The Kier molecular flexibility index (Phi) is 2.11. The first-order valence-electron chi connectivity index (χ1n) is 4.01. The molecule has 68 valence electrons. The van der Waals surface area contributed by atoms with Crippen LogP contribution < -0.4 is 5.32 Å². The SMILES string of the molecule is N#Cc1cc(Nc2ccc[nH]2)ncn1. The van der Waals surface area contributed by atoms with Crippen molar-refractivity contribution >= 4 is 11.6 Å². The van der Waals surface area contributed by atoms with Gasteiger partial charge in [0.2, 0.25) is 0 Å². The minimum absolute atomic E-state index is 0.342. The Morgan fingerprint density at radius 2 is 2.36 bits per heavy atom. The van der Waals surface area contributed by atoms with E-state index in [-0.39, 0.29) is 0 Å². The predicted molar refractivity (Wildman–Crippen MR) is 50.8 cm³/mol. The first-order chi connectivity index (χ1) is 6.88. The van der Waals surface area contributed by atoms with Crippen LogP contribution in [0.1, 0.15) is 5.69 Å². The van der Waals surface area contributed by atoms with E-state index in [0.29, 0.717) is 11.5 Å². The van der Waals surface area contributed by atoms with Gasteiger partial charge in [0, 0.05) is 12.3 Å². The van der Waals surface area contributed by atoms with E-state index in [0.717, 1.165) is 5.82 Å². The lowest BCUT2D eigenvalue weighted by Gasteiger charge is -2.01. The van der Waals surface area contributed by atoms with Gasteiger partial charge in [-0.1, -0.05) is 0 Å². The smallest absolute Gasteiger partial charge is 0.145 e. The van der Waals surface area contributed by atoms with Crippen LogP contribution in [0.25, 0.3) is 0 Å². The Morgan fingerprint density at radius 3 is 3.07 bits per heavy atom. The number of nitriles is 1. The van der Waals surface area contributed by atoms with Gasteiger partial charge in [0.05, 0.1) is 0 Å². The highest BCUT2D eigenvalue weighted by molar-refractivity contribution is 5.52. The number of rotatable bonds is 2. The summed E-state index contributed by atoms with van der Waals surface area (Å²) in [4.78, 5) is 10.7. The highest BCUT2D eigenvalue weighted by atomic mass is 15.1. The number of aromatic amines is 1. The molecule has 0 bridgehead atoms. The van der Waals surface area contributed by atoms with Gasteiger partial charge in [0.1, 0.15) is 29.7 Å². The van der Waals surface area contributed by atoms with Gasteiger partial charge >= 0.3 is 0 Å². The van der Waals surface area contributed by atoms with Crippen molar-refractivity contribution in [3.8, 4) is 6.07 Å². The minimum atomic E-state index is 0.342. The Balaban J connectivity index is 2.22. The van der Waals surface area contributed by atoms with Gasteiger partial charge in [-0.05, 0) is 12.1 Å². The fourth-order valence-corrected chi connectivity index (χ4v) is 1.03. The van der Waals surface area contributed by atoms with Crippen molar-refractivity contribution in [3.63, 3.8) is 0 Å². The zero-order valence-corrected chi connectivity index (χ0v) is 7.23. The number of nitrogens with zero attached hydrogens (tertiary/aromatic N) is 3. The highest BCUT2D eigenvalue weighted by Gasteiger charge is 1.98. The third-order valence-corrected chi connectivity index (χ3v) is 1.64. The molecule has 0 aliphatic rings. The van der Waals surface area contributed by atoms with E-state index in [9.17, 15) is 0 Å². The van der Waals surface area contributed by atoms with Gasteiger partial charge < -0.3 is 10.3 Å². The van der Waals surface area contributed by atoms with E-state index < -0.39 is 0 Å². The van der Waals surface area contributed by atoms with E-state index in [1.165, 1.54) is 6.33 Å². The molecule has 14 heavy (non-hydrogen) atoms. The average Bonchev–Trinajstić information content (AvgIpc) is 2.71. The van der Waals surface area contributed by atoms with Crippen LogP contribution in [-0.4, -0.2) is 15.0 Å². The number of nitrogens with one attached hydrogen (secondary N) is 2. The Morgan fingerprint density at radius 1 is 1.43 bits per heavy atom. The lowest BCUT2D eigenvalue weighted by atomic mass is 10.4. The molecule has 0 saturated carbocycles. The monoisotopic (exact) mass is 185 g/mol. The standard InChI is InChI=1S/C9H7N5/c10-5-7-4-9(13-6-12-7)14-8-2-1-3-11-8/h1-4,6,11H,(H,12,13,14). The first kappa shape index (κ1) is 8.26. The van der Waals surface area contributed by atoms with Crippen LogP contribution in [0, 0.1) is 11.3 Å². The summed E-state index contributed by atoms with van der Waals surface area (Å²) in [5.74, 6) is 1.42. The molecule has 0 spiro atoms. The fraction of sp³-hybridized carbons (Fsp3) is 0. The summed E-state index contributed by atoms with van der Waals surface area (Å²) in [6.07, 6.45) is 3.15. The number of anilines is 2. The van der Waals surface area contributed by atoms with Gasteiger partial charge in [-0.2, -0.15) is 5.26 Å². The van der Waals surface area contributed by atoms with Gasteiger partial charge in [0.25, 0.3) is 0 Å². The Labute approximate surface area is 80.4 Å². The molecule has 0 saturated heterocycles. The normalized spacial score (nSPS) is 9.36. The summed E-state index contributed by atoms with van der Waals surface area (Å²) in [6, 6.07) is 7.27. The molecule has 0 atom stereocenters. The summed E-state index contributed by atoms with van der Waals surface area (Å²) in [5.41, 5.74) is 0.342. The minimum Gasteiger partial charge on any atom is -0.348 e. The molecule has 0 aliphatic carbocycles. The molecule has 2 aromatic heterocycles. The maximum Gasteiger partial charge on any atom is 0.145 e. The fourth-order valence-electron chi connectivity index (χ4n) is 1.03. The van der Waals surface area contributed by atoms with Gasteiger partial charge in [-0.3, -0.25) is 0 Å². The molecule has 2 rings (SSSR count). The van der Waals surface area contributed by atoms with Crippen LogP contribution in [-0.2, 0) is 0 Å². The third-order valence-electron chi connectivity index (χ3n) is 1.64. The topological polar surface area (TPSA) is 77.4 Å². The maximum absolute atomic E-state index is 8.61. The van der Waals surface area contributed by atoms with Crippen LogP contribution in [0.5, 0.6) is 0 Å². The first-order valence-corrected chi connectivity index (χ1v) is 4.01. The molecule has 5 heteroatoms. The van der Waals surface area contributed by atoms with Crippen molar-refractivity contribution < 1.29 is 0 Å². The quantitative estimate of drug-likeness (QED) is 0.741. The van der Waals surface area contributed by atoms with Crippen LogP contribution in [0.15, 0.2) is 30.7 Å². The zero-order chi connectivity index (χ0) is 9.80. The Bertz CT molecular complexity index is 454. The van der Waals surface area contributed by atoms with E-state index in [1.807, 2.05) is 18.2 Å². The van der Waals surface area contributed by atoms with Crippen molar-refractivity contribution in [2.45, 2.75) is 0 Å². The average molecular weight is 185 g/mol. The van der Waals surface area contributed by atoms with E-state index >= 15 is 0 Å². The van der Waals surface area contributed by atoms with Crippen molar-refractivity contribution in [1.29, 1.82) is 5.26 Å². The highest BCUT2D eigenvalue weighted by Crippen LogP contribution is 2.10. The van der Waals surface area contributed by atoms with Gasteiger partial charge in [-0.25, -0.2) is 9.97 Å². The summed E-state index contributed by atoms with van der Waals surface area (Å²) < 4.78 is 0. The van der Waals surface area contributed by atoms with Crippen LogP contribution >= 0.6 is 0 Å². The summed E-state index contributed by atoms with van der Waals surface area (Å²) in [5, 5.41) is 11.6. The lowest BCUT2D eigenvalue weighted by molar-refractivity contribution is 1.13. The van der Waals surface area contributed by atoms with E-state index in [2.05, 4.69) is 20.3 Å². The molecule has 0 unspecified atom stereocenters. The molecule has 0 aliphatic heterocycles. The summed E-state index contributed by atoms with van der Waals surface area (Å²) >= 11 is 0. The molecular weight excluding hydrogens is 178 g/mol. The van der Waals surface area contributed by atoms with Crippen LogP contribution in [0.2, 0.25) is 0 Å². The van der Waals surface area contributed by atoms with E-state index in [1.54, 1.807) is 12.3 Å². The second kappa shape index (κ2) is 3.58. The molecule has 2 heterocycles. The number of H-pyrrole nitrogens is 1. The molecule has 0 fully saturated rings. The van der Waals surface area contributed by atoms with Gasteiger partial charge in [0.15, 0.2) is 0 Å². The number of aromatic nitrogens is 3. The molecule has 0 radical (unpaired) electrons. The predicted octanol–water partition coefficient (Wildman–Crippen LogP) is 1.42. The van der Waals surface area contributed by atoms with Crippen molar-refractivity contribution in [2.24, 2.45) is 0 Å². The molecule has 2 aromatic rings. The van der Waals surface area contributed by atoms with Gasteiger partial charge in [-0.15, -0.1) is 0 Å². The second-order valence-corrected chi connectivity index (χ2v) is 2.61. The molecule has 5 nitrogen and oxygen atoms in total. The van der Waals surface area contributed by atoms with Crippen LogP contribution in [0.3, 0.4) is 0 Å². The van der Waals surface area contributed by atoms with Crippen molar-refractivity contribution in [2.75, 3.05) is 5.32 Å². The summed E-state index contributed by atoms with van der Waals surface area (Å²) in [7, 11) is 0. The zero-order valence-electron chi connectivity index (χ0n) is 7.23. The lowest BCUT2D eigenvalue weighted by Crippen LogP contribution is -1.95. The van der Waals surface area contributed by atoms with Crippen LogP contribution in [0.4, 0.5) is 11.6 Å². The second-order valence-electron chi connectivity index (χ2n) is 2.61. The largest absolute Gasteiger partial charge is 0.348 e. The third kappa shape index (κ3) is 1.69. The molecule has 0 aromatic carbocycles. The molecular formula is C9H7N5. The van der Waals surface area contributed by atoms with E-state index in [4.69, 9.17) is 5.26 Å².